The molecule has 1 aliphatic rings. The summed E-state index contributed by atoms with van der Waals surface area (Å²) >= 11 is 0. The van der Waals surface area contributed by atoms with Gasteiger partial charge in [0.2, 0.25) is 0 Å². The highest BCUT2D eigenvalue weighted by Gasteiger charge is 2.30. The Bertz CT molecular complexity index is 378. The third kappa shape index (κ3) is 6.01. The maximum atomic E-state index is 12.0. The van der Waals surface area contributed by atoms with E-state index in [0.29, 0.717) is 45.5 Å². The summed E-state index contributed by atoms with van der Waals surface area (Å²) in [4.78, 5) is 36.8. The van der Waals surface area contributed by atoms with E-state index in [1.807, 2.05) is 0 Å². The summed E-state index contributed by atoms with van der Waals surface area (Å²) in [6.07, 6.45) is 3.33. The van der Waals surface area contributed by atoms with Crippen molar-refractivity contribution in [2.75, 3.05) is 32.8 Å². The molecule has 0 aromatic heterocycles. The number of aliphatic hydroxyl groups excluding tert-OH is 1. The number of amides is 2. The minimum absolute atomic E-state index is 0.141. The van der Waals surface area contributed by atoms with Gasteiger partial charge in [0, 0.05) is 26.2 Å². The van der Waals surface area contributed by atoms with Gasteiger partial charge in [-0.05, 0) is 39.0 Å². The van der Waals surface area contributed by atoms with Crippen molar-refractivity contribution in [3.8, 4) is 0 Å². The van der Waals surface area contributed by atoms with Gasteiger partial charge in [0.15, 0.2) is 0 Å². The summed E-state index contributed by atoms with van der Waals surface area (Å²) in [5.74, 6) is -1.53. The molecule has 0 unspecified atom stereocenters. The van der Waals surface area contributed by atoms with E-state index >= 15 is 0 Å². The topological polar surface area (TPSA) is 95.9 Å². The molecule has 7 nitrogen and oxygen atoms in total. The maximum Gasteiger partial charge on any atom is 0.311 e. The van der Waals surface area contributed by atoms with E-state index in [2.05, 4.69) is 5.32 Å². The van der Waals surface area contributed by atoms with Crippen molar-refractivity contribution in [3.63, 3.8) is 0 Å². The number of rotatable bonds is 7. The summed E-state index contributed by atoms with van der Waals surface area (Å²) in [6.45, 7) is 3.50. The molecule has 2 amide bonds. The standard InChI is InChI=1S/C15H26N2O5/c1-2-22-15(21)12-6-9-17(10-7-12)14(20)13(19)16-8-4-3-5-11-18/h12,18H,2-11H2,1H3,(H,16,19). The zero-order chi connectivity index (χ0) is 16.4. The molecule has 0 bridgehead atoms. The second-order valence-electron chi connectivity index (χ2n) is 5.36. The van der Waals surface area contributed by atoms with Crippen molar-refractivity contribution in [1.29, 1.82) is 0 Å². The Labute approximate surface area is 131 Å². The van der Waals surface area contributed by atoms with Gasteiger partial charge < -0.3 is 20.1 Å². The van der Waals surface area contributed by atoms with Crippen LogP contribution in [0.2, 0.25) is 0 Å². The zero-order valence-electron chi connectivity index (χ0n) is 13.2. The predicted molar refractivity (Wildman–Crippen MR) is 79.9 cm³/mol. The Kier molecular flexibility index (Phi) is 8.50. The van der Waals surface area contributed by atoms with E-state index in [4.69, 9.17) is 9.84 Å². The highest BCUT2D eigenvalue weighted by atomic mass is 16.5. The molecule has 22 heavy (non-hydrogen) atoms. The molecule has 1 saturated heterocycles. The Morgan fingerprint density at radius 2 is 1.86 bits per heavy atom. The number of unbranched alkanes of at least 4 members (excludes halogenated alkanes) is 2. The largest absolute Gasteiger partial charge is 0.466 e. The molecule has 1 rings (SSSR count). The predicted octanol–water partition coefficient (Wildman–Crippen LogP) is 0.0669. The molecule has 7 heteroatoms. The van der Waals surface area contributed by atoms with Gasteiger partial charge in [-0.2, -0.15) is 0 Å². The summed E-state index contributed by atoms with van der Waals surface area (Å²) in [7, 11) is 0. The van der Waals surface area contributed by atoms with Crippen LogP contribution >= 0.6 is 0 Å². The quantitative estimate of drug-likeness (QED) is 0.394. The van der Waals surface area contributed by atoms with Gasteiger partial charge in [-0.1, -0.05) is 0 Å². The lowest BCUT2D eigenvalue weighted by Gasteiger charge is -2.30. The Hall–Kier alpha value is -1.63. The molecule has 1 fully saturated rings. The normalized spacial score (nSPS) is 15.5. The fourth-order valence-electron chi connectivity index (χ4n) is 2.41. The first kappa shape index (κ1) is 18.4. The van der Waals surface area contributed by atoms with Crippen molar-refractivity contribution in [2.45, 2.75) is 39.0 Å². The molecule has 0 aliphatic carbocycles. The van der Waals surface area contributed by atoms with Gasteiger partial charge >= 0.3 is 17.8 Å². The van der Waals surface area contributed by atoms with Crippen molar-refractivity contribution < 1.29 is 24.2 Å². The molecule has 2 N–H and O–H groups in total. The number of carbonyl (C=O) groups excluding carboxylic acids is 3. The lowest BCUT2D eigenvalue weighted by atomic mass is 9.97. The third-order valence-electron chi connectivity index (χ3n) is 3.72. The highest BCUT2D eigenvalue weighted by Crippen LogP contribution is 2.18. The summed E-state index contributed by atoms with van der Waals surface area (Å²) in [6, 6.07) is 0. The van der Waals surface area contributed by atoms with Crippen LogP contribution in [0, 0.1) is 5.92 Å². The zero-order valence-corrected chi connectivity index (χ0v) is 13.2. The lowest BCUT2D eigenvalue weighted by molar-refractivity contribution is -0.152. The molecule has 0 aromatic carbocycles. The van der Waals surface area contributed by atoms with E-state index in [0.717, 1.165) is 12.8 Å². The fourth-order valence-corrected chi connectivity index (χ4v) is 2.41. The minimum Gasteiger partial charge on any atom is -0.466 e. The van der Waals surface area contributed by atoms with E-state index in [1.54, 1.807) is 6.92 Å². The molecule has 0 spiro atoms. The number of ether oxygens (including phenoxy) is 1. The third-order valence-corrected chi connectivity index (χ3v) is 3.72. The van der Waals surface area contributed by atoms with E-state index in [1.165, 1.54) is 4.90 Å². The number of piperidine rings is 1. The van der Waals surface area contributed by atoms with Gasteiger partial charge in [-0.25, -0.2) is 0 Å². The Morgan fingerprint density at radius 3 is 2.45 bits per heavy atom. The molecule has 0 atom stereocenters. The van der Waals surface area contributed by atoms with E-state index in [9.17, 15) is 14.4 Å². The molecule has 1 aliphatic heterocycles. The van der Waals surface area contributed by atoms with Gasteiger partial charge in [0.05, 0.1) is 12.5 Å². The first-order valence-corrected chi connectivity index (χ1v) is 7.94. The van der Waals surface area contributed by atoms with Crippen molar-refractivity contribution in [1.82, 2.24) is 10.2 Å². The number of nitrogens with zero attached hydrogens (tertiary/aromatic N) is 1. The monoisotopic (exact) mass is 314 g/mol. The number of aliphatic hydroxyl groups is 1. The fraction of sp³-hybridized carbons (Fsp3) is 0.800. The summed E-state index contributed by atoms with van der Waals surface area (Å²) < 4.78 is 4.97. The van der Waals surface area contributed by atoms with Crippen LogP contribution in [0.5, 0.6) is 0 Å². The van der Waals surface area contributed by atoms with Crippen LogP contribution in [-0.4, -0.2) is 60.6 Å². The van der Waals surface area contributed by atoms with Crippen LogP contribution in [0.1, 0.15) is 39.0 Å². The molecular formula is C15H26N2O5. The second-order valence-corrected chi connectivity index (χ2v) is 5.36. The van der Waals surface area contributed by atoms with Crippen molar-refractivity contribution >= 4 is 17.8 Å². The second kappa shape index (κ2) is 10.2. The minimum atomic E-state index is -0.599. The number of esters is 1. The first-order chi connectivity index (χ1) is 10.6. The molecule has 0 saturated carbocycles. The molecule has 126 valence electrons. The average Bonchev–Trinajstić information content (AvgIpc) is 2.54. The van der Waals surface area contributed by atoms with Crippen LogP contribution in [0.25, 0.3) is 0 Å². The van der Waals surface area contributed by atoms with Gasteiger partial charge in [-0.15, -0.1) is 0 Å². The maximum absolute atomic E-state index is 12.0. The number of hydrogen-bond acceptors (Lipinski definition) is 5. The molecule has 0 aromatic rings. The van der Waals surface area contributed by atoms with Crippen molar-refractivity contribution in [3.05, 3.63) is 0 Å². The van der Waals surface area contributed by atoms with E-state index < -0.39 is 11.8 Å². The smallest absolute Gasteiger partial charge is 0.311 e. The Balaban J connectivity index is 2.26. The van der Waals surface area contributed by atoms with E-state index in [-0.39, 0.29) is 18.5 Å². The number of hydrogen-bond donors (Lipinski definition) is 2. The van der Waals surface area contributed by atoms with Crippen LogP contribution in [-0.2, 0) is 19.1 Å². The SMILES string of the molecule is CCOC(=O)C1CCN(C(=O)C(=O)NCCCCCO)CC1. The van der Waals surface area contributed by atoms with Gasteiger partial charge in [0.25, 0.3) is 0 Å². The molecular weight excluding hydrogens is 288 g/mol. The molecule has 1 heterocycles. The average molecular weight is 314 g/mol. The molecule has 0 radical (unpaired) electrons. The van der Waals surface area contributed by atoms with Crippen LogP contribution in [0.3, 0.4) is 0 Å². The van der Waals surface area contributed by atoms with Crippen LogP contribution in [0.4, 0.5) is 0 Å². The van der Waals surface area contributed by atoms with Crippen molar-refractivity contribution in [2.24, 2.45) is 5.92 Å². The number of carbonyl (C=O) groups is 3. The summed E-state index contributed by atoms with van der Waals surface area (Å²) in [5, 5.41) is 11.2. The Morgan fingerprint density at radius 1 is 1.18 bits per heavy atom. The summed E-state index contributed by atoms with van der Waals surface area (Å²) in [5.41, 5.74) is 0. The first-order valence-electron chi connectivity index (χ1n) is 7.94. The van der Waals surface area contributed by atoms with Crippen LogP contribution in [0.15, 0.2) is 0 Å². The highest BCUT2D eigenvalue weighted by molar-refractivity contribution is 6.35. The van der Waals surface area contributed by atoms with Gasteiger partial charge in [-0.3, -0.25) is 14.4 Å². The lowest BCUT2D eigenvalue weighted by Crippen LogP contribution is -2.47. The van der Waals surface area contributed by atoms with Crippen LogP contribution < -0.4 is 5.32 Å². The van der Waals surface area contributed by atoms with Gasteiger partial charge in [0.1, 0.15) is 0 Å². The number of likely N-dealkylation sites (tertiary alicyclic amines) is 1. The number of nitrogens with one attached hydrogen (secondary N) is 1.